The fourth-order valence-corrected chi connectivity index (χ4v) is 2.40. The summed E-state index contributed by atoms with van der Waals surface area (Å²) in [7, 11) is 0. The standard InChI is InChI=1S/C16H12F3N3O/c17-16(18,19)10-6-7-12-13(8-10)22(11-4-2-1-3-5-11)15(23)9-14(20)21-12/h1-8H,9H2,(H2,20,21). The van der Waals surface area contributed by atoms with Gasteiger partial charge in [0.15, 0.2) is 0 Å². The van der Waals surface area contributed by atoms with Crippen molar-refractivity contribution in [3.63, 3.8) is 0 Å². The maximum absolute atomic E-state index is 13.0. The third kappa shape index (κ3) is 2.90. The van der Waals surface area contributed by atoms with E-state index >= 15 is 0 Å². The van der Waals surface area contributed by atoms with Crippen molar-refractivity contribution in [2.45, 2.75) is 12.6 Å². The minimum absolute atomic E-state index is 0.0643. The van der Waals surface area contributed by atoms with Crippen LogP contribution < -0.4 is 10.6 Å². The summed E-state index contributed by atoms with van der Waals surface area (Å²) in [6.45, 7) is 0. The van der Waals surface area contributed by atoms with Crippen LogP contribution in [-0.2, 0) is 11.0 Å². The lowest BCUT2D eigenvalue weighted by molar-refractivity contribution is -0.137. The van der Waals surface area contributed by atoms with E-state index in [1.165, 1.54) is 11.0 Å². The van der Waals surface area contributed by atoms with E-state index in [1.54, 1.807) is 30.3 Å². The van der Waals surface area contributed by atoms with Gasteiger partial charge in [0.05, 0.1) is 23.4 Å². The van der Waals surface area contributed by atoms with Crippen LogP contribution in [0.4, 0.5) is 30.2 Å². The molecule has 4 nitrogen and oxygen atoms in total. The number of nitrogens with two attached hydrogens (primary N) is 1. The molecule has 0 bridgehead atoms. The number of aliphatic imine (C=N–C) groups is 1. The van der Waals surface area contributed by atoms with Gasteiger partial charge in [-0.25, -0.2) is 4.99 Å². The first-order chi connectivity index (χ1) is 10.9. The van der Waals surface area contributed by atoms with E-state index in [-0.39, 0.29) is 23.6 Å². The van der Waals surface area contributed by atoms with Gasteiger partial charge in [-0.1, -0.05) is 18.2 Å². The number of amidine groups is 1. The zero-order valence-corrected chi connectivity index (χ0v) is 11.8. The number of alkyl halides is 3. The van der Waals surface area contributed by atoms with Gasteiger partial charge in [0.1, 0.15) is 5.84 Å². The van der Waals surface area contributed by atoms with E-state index in [0.717, 1.165) is 12.1 Å². The Hall–Kier alpha value is -2.83. The topological polar surface area (TPSA) is 58.7 Å². The quantitative estimate of drug-likeness (QED) is 0.870. The lowest BCUT2D eigenvalue weighted by Crippen LogP contribution is -2.28. The number of hydrogen-bond acceptors (Lipinski definition) is 3. The molecular formula is C16H12F3N3O. The number of rotatable bonds is 1. The first-order valence-electron chi connectivity index (χ1n) is 6.78. The molecule has 3 rings (SSSR count). The molecule has 1 aliphatic heterocycles. The SMILES string of the molecule is NC1=Nc2ccc(C(F)(F)F)cc2N(c2ccccc2)C(=O)C1. The highest BCUT2D eigenvalue weighted by Gasteiger charge is 2.33. The summed E-state index contributed by atoms with van der Waals surface area (Å²) in [6.07, 6.45) is -4.67. The van der Waals surface area contributed by atoms with Crippen molar-refractivity contribution in [3.8, 4) is 0 Å². The Morgan fingerprint density at radius 3 is 2.43 bits per heavy atom. The molecule has 0 saturated heterocycles. The van der Waals surface area contributed by atoms with Gasteiger partial charge in [-0.15, -0.1) is 0 Å². The number of amides is 1. The highest BCUT2D eigenvalue weighted by Crippen LogP contribution is 2.40. The Morgan fingerprint density at radius 1 is 1.09 bits per heavy atom. The molecule has 0 unspecified atom stereocenters. The molecule has 0 fully saturated rings. The largest absolute Gasteiger partial charge is 0.416 e. The molecule has 0 aromatic heterocycles. The highest BCUT2D eigenvalue weighted by atomic mass is 19.4. The second-order valence-corrected chi connectivity index (χ2v) is 5.05. The van der Waals surface area contributed by atoms with Crippen molar-refractivity contribution in [1.29, 1.82) is 0 Å². The molecule has 2 N–H and O–H groups in total. The number of para-hydroxylation sites is 1. The summed E-state index contributed by atoms with van der Waals surface area (Å²) >= 11 is 0. The van der Waals surface area contributed by atoms with Crippen LogP contribution in [0.1, 0.15) is 12.0 Å². The van der Waals surface area contributed by atoms with Crippen LogP contribution in [0.2, 0.25) is 0 Å². The van der Waals surface area contributed by atoms with Crippen LogP contribution in [0.3, 0.4) is 0 Å². The van der Waals surface area contributed by atoms with Gasteiger partial charge in [0, 0.05) is 5.69 Å². The van der Waals surface area contributed by atoms with Crippen LogP contribution in [0.5, 0.6) is 0 Å². The number of halogens is 3. The summed E-state index contributed by atoms with van der Waals surface area (Å²) in [5.74, 6) is -0.370. The number of carbonyl (C=O) groups is 1. The predicted molar refractivity (Wildman–Crippen MR) is 80.9 cm³/mol. The molecule has 0 aliphatic carbocycles. The summed E-state index contributed by atoms with van der Waals surface area (Å²) in [6, 6.07) is 11.5. The molecule has 0 saturated carbocycles. The average molecular weight is 319 g/mol. The van der Waals surface area contributed by atoms with Crippen molar-refractivity contribution < 1.29 is 18.0 Å². The van der Waals surface area contributed by atoms with Crippen molar-refractivity contribution in [1.82, 2.24) is 0 Å². The van der Waals surface area contributed by atoms with Gasteiger partial charge in [0.2, 0.25) is 5.91 Å². The van der Waals surface area contributed by atoms with E-state index in [1.807, 2.05) is 0 Å². The fourth-order valence-electron chi connectivity index (χ4n) is 2.40. The third-order valence-corrected chi connectivity index (χ3v) is 3.40. The Kier molecular flexibility index (Phi) is 3.55. The minimum Gasteiger partial charge on any atom is -0.387 e. The zero-order chi connectivity index (χ0) is 16.6. The maximum atomic E-state index is 13.0. The van der Waals surface area contributed by atoms with E-state index in [0.29, 0.717) is 5.69 Å². The lowest BCUT2D eigenvalue weighted by atomic mass is 10.1. The van der Waals surface area contributed by atoms with E-state index in [4.69, 9.17) is 5.73 Å². The Balaban J connectivity index is 2.22. The Labute approximate surface area is 130 Å². The van der Waals surface area contributed by atoms with Crippen LogP contribution in [0.25, 0.3) is 0 Å². The minimum atomic E-state index is -4.51. The van der Waals surface area contributed by atoms with E-state index in [9.17, 15) is 18.0 Å². The Bertz CT molecular complexity index is 785. The first kappa shape index (κ1) is 15.1. The van der Waals surface area contributed by atoms with Crippen LogP contribution in [0.15, 0.2) is 53.5 Å². The molecule has 0 spiro atoms. The second-order valence-electron chi connectivity index (χ2n) is 5.05. The van der Waals surface area contributed by atoms with Crippen molar-refractivity contribution in [2.75, 3.05) is 4.90 Å². The Morgan fingerprint density at radius 2 is 1.78 bits per heavy atom. The summed E-state index contributed by atoms with van der Waals surface area (Å²) < 4.78 is 39.0. The maximum Gasteiger partial charge on any atom is 0.416 e. The third-order valence-electron chi connectivity index (χ3n) is 3.40. The van der Waals surface area contributed by atoms with Gasteiger partial charge in [-0.3, -0.25) is 9.69 Å². The zero-order valence-electron chi connectivity index (χ0n) is 11.8. The number of nitrogens with zero attached hydrogens (tertiary/aromatic N) is 2. The smallest absolute Gasteiger partial charge is 0.387 e. The van der Waals surface area contributed by atoms with Crippen LogP contribution in [0, 0.1) is 0 Å². The molecule has 23 heavy (non-hydrogen) atoms. The number of fused-ring (bicyclic) bond motifs is 1. The molecule has 1 aliphatic rings. The molecule has 7 heteroatoms. The summed E-state index contributed by atoms with van der Waals surface area (Å²) in [5, 5.41) is 0. The van der Waals surface area contributed by atoms with E-state index in [2.05, 4.69) is 4.99 Å². The molecule has 118 valence electrons. The number of anilines is 2. The van der Waals surface area contributed by atoms with Gasteiger partial charge >= 0.3 is 6.18 Å². The van der Waals surface area contributed by atoms with Gasteiger partial charge < -0.3 is 5.73 Å². The molecule has 2 aromatic carbocycles. The van der Waals surface area contributed by atoms with Gasteiger partial charge in [-0.2, -0.15) is 13.2 Å². The predicted octanol–water partition coefficient (Wildman–Crippen LogP) is 3.76. The molecule has 1 amide bonds. The number of carbonyl (C=O) groups excluding carboxylic acids is 1. The summed E-state index contributed by atoms with van der Waals surface area (Å²) in [4.78, 5) is 17.7. The van der Waals surface area contributed by atoms with Crippen LogP contribution in [-0.4, -0.2) is 11.7 Å². The van der Waals surface area contributed by atoms with Crippen molar-refractivity contribution in [3.05, 3.63) is 54.1 Å². The van der Waals surface area contributed by atoms with Crippen molar-refractivity contribution in [2.24, 2.45) is 10.7 Å². The number of benzene rings is 2. The summed E-state index contributed by atoms with van der Waals surface area (Å²) in [5.41, 5.74) is 5.59. The molecular weight excluding hydrogens is 307 g/mol. The van der Waals surface area contributed by atoms with Crippen molar-refractivity contribution >= 4 is 28.8 Å². The highest BCUT2D eigenvalue weighted by molar-refractivity contribution is 6.14. The van der Waals surface area contributed by atoms with Gasteiger partial charge in [0.25, 0.3) is 0 Å². The second kappa shape index (κ2) is 5.42. The first-order valence-corrected chi connectivity index (χ1v) is 6.78. The molecule has 2 aromatic rings. The molecule has 0 radical (unpaired) electrons. The van der Waals surface area contributed by atoms with Gasteiger partial charge in [-0.05, 0) is 30.3 Å². The monoisotopic (exact) mass is 319 g/mol. The van der Waals surface area contributed by atoms with E-state index < -0.39 is 17.6 Å². The normalized spacial score (nSPS) is 15.0. The molecule has 1 heterocycles. The van der Waals surface area contributed by atoms with Crippen LogP contribution >= 0.6 is 0 Å². The average Bonchev–Trinajstić information content (AvgIpc) is 2.61. The lowest BCUT2D eigenvalue weighted by Gasteiger charge is -2.23. The molecule has 0 atom stereocenters. The number of hydrogen-bond donors (Lipinski definition) is 1. The fraction of sp³-hybridized carbons (Fsp3) is 0.125.